The molecule has 0 aromatic heterocycles. The molecule has 0 unspecified atom stereocenters. The summed E-state index contributed by atoms with van der Waals surface area (Å²) in [6, 6.07) is 41.3. The van der Waals surface area contributed by atoms with Gasteiger partial charge in [-0.15, -0.1) is 0 Å². The van der Waals surface area contributed by atoms with Gasteiger partial charge in [0.1, 0.15) is 11.5 Å². The second-order valence-electron chi connectivity index (χ2n) is 20.0. The Morgan fingerprint density at radius 1 is 0.492 bits per heavy atom. The lowest BCUT2D eigenvalue weighted by molar-refractivity contribution is -0.191. The second-order valence-corrected chi connectivity index (χ2v) is 20.0. The van der Waals surface area contributed by atoms with Gasteiger partial charge < -0.3 is 15.2 Å². The number of primary amides is 1. The number of ether oxygens (including phenoxy) is 2. The summed E-state index contributed by atoms with van der Waals surface area (Å²) in [4.78, 5) is 27.8. The van der Waals surface area contributed by atoms with Crippen LogP contribution in [0.3, 0.4) is 0 Å². The van der Waals surface area contributed by atoms with Gasteiger partial charge in [0.2, 0.25) is 5.91 Å². The van der Waals surface area contributed by atoms with Crippen LogP contribution in [0, 0.1) is 35.5 Å². The summed E-state index contributed by atoms with van der Waals surface area (Å²) in [6.45, 7) is 0. The van der Waals surface area contributed by atoms with Crippen LogP contribution in [0.2, 0.25) is 0 Å². The minimum Gasteiger partial charge on any atom is -0.496 e. The lowest BCUT2D eigenvalue weighted by Crippen LogP contribution is -2.48. The molecule has 8 saturated carbocycles. The first kappa shape index (κ1) is 42.6. The van der Waals surface area contributed by atoms with E-state index in [1.54, 1.807) is 0 Å². The standard InChI is InChI=1S/C28H29NO2.C27H28O.CO2.CH4/c1-31-26-7-6-23(21-2-3-22-12-24(27(29)30)5-4-20(22)11-21)13-25(26)28-14-17-8-18(15-28)10-19(9-17)16-28;1-28-26-9-8-24(23-7-6-21-4-2-3-5-22(21)13-23)14-25(26)27-15-18-10-19(16-27)12-20(11-18)17-27;2-1-3;/h2-7,11-13,17-19H,8-10,14-16H2,1H3,(H2,29,30);2-9,13-14,18-20H,10-12,15-17H2,1H3;;1H4. The van der Waals surface area contributed by atoms with Gasteiger partial charge in [0, 0.05) is 16.7 Å². The molecule has 0 atom stereocenters. The first-order chi connectivity index (χ1) is 30.2. The Balaban J connectivity index is 0.000000149. The molecule has 6 aromatic carbocycles. The van der Waals surface area contributed by atoms with E-state index in [2.05, 4.69) is 97.1 Å². The van der Waals surface area contributed by atoms with Gasteiger partial charge >= 0.3 is 6.15 Å². The van der Waals surface area contributed by atoms with Crippen molar-refractivity contribution in [3.8, 4) is 33.8 Å². The summed E-state index contributed by atoms with van der Waals surface area (Å²) in [6.07, 6.45) is 17.1. The number of carbonyl (C=O) groups is 1. The van der Waals surface area contributed by atoms with Crippen LogP contribution >= 0.6 is 0 Å². The molecular weight excluding hydrogens is 779 g/mol. The Hall–Kier alpha value is -5.71. The summed E-state index contributed by atoms with van der Waals surface area (Å²) < 4.78 is 11.8. The highest BCUT2D eigenvalue weighted by Crippen LogP contribution is 2.63. The predicted molar refractivity (Wildman–Crippen MR) is 252 cm³/mol. The molecule has 8 bridgehead atoms. The Morgan fingerprint density at radius 2 is 0.825 bits per heavy atom. The SMILES string of the molecule is C.COc1ccc(-c2ccc3cc(C(N)=O)ccc3c2)cc1C12CC3CC(CC(C3)C1)C2.COc1ccc(-c2ccc3ccccc3c2)cc1C12CC3CC(CC(C3)C1)C2.O=C=O. The van der Waals surface area contributed by atoms with Crippen molar-refractivity contribution >= 4 is 33.6 Å². The molecule has 324 valence electrons. The summed E-state index contributed by atoms with van der Waals surface area (Å²) in [5.41, 5.74) is 14.6. The zero-order valence-electron chi connectivity index (χ0n) is 36.0. The van der Waals surface area contributed by atoms with Crippen molar-refractivity contribution in [2.45, 2.75) is 95.3 Å². The Labute approximate surface area is 372 Å². The number of benzene rings is 6. The van der Waals surface area contributed by atoms with Crippen molar-refractivity contribution in [2.75, 3.05) is 14.2 Å². The minimum absolute atomic E-state index is 0. The largest absolute Gasteiger partial charge is 0.496 e. The van der Waals surface area contributed by atoms with Gasteiger partial charge in [-0.25, -0.2) is 0 Å². The Bertz CT molecular complexity index is 2640. The zero-order valence-corrected chi connectivity index (χ0v) is 36.0. The van der Waals surface area contributed by atoms with Crippen molar-refractivity contribution in [3.05, 3.63) is 132 Å². The molecule has 1 amide bonds. The van der Waals surface area contributed by atoms with Gasteiger partial charge in [-0.2, -0.15) is 9.59 Å². The molecule has 0 saturated heterocycles. The third kappa shape index (κ3) is 7.97. The van der Waals surface area contributed by atoms with Crippen molar-refractivity contribution < 1.29 is 23.9 Å². The number of methoxy groups -OCH3 is 2. The van der Waals surface area contributed by atoms with Crippen LogP contribution in [-0.4, -0.2) is 26.3 Å². The number of carbonyl (C=O) groups excluding carboxylic acids is 3. The minimum atomic E-state index is -0.388. The van der Waals surface area contributed by atoms with Crippen molar-refractivity contribution in [1.82, 2.24) is 0 Å². The highest BCUT2D eigenvalue weighted by atomic mass is 16.5. The van der Waals surface area contributed by atoms with Crippen LogP contribution in [0.4, 0.5) is 0 Å². The second kappa shape index (κ2) is 17.1. The molecule has 6 heteroatoms. The fraction of sp³-hybridized carbons (Fsp3) is 0.404. The number of nitrogens with two attached hydrogens (primary N) is 1. The van der Waals surface area contributed by atoms with E-state index in [0.29, 0.717) is 16.4 Å². The number of fused-ring (bicyclic) bond motifs is 2. The maximum absolute atomic E-state index is 11.5. The van der Waals surface area contributed by atoms with Gasteiger partial charge in [0.25, 0.3) is 0 Å². The maximum Gasteiger partial charge on any atom is 0.373 e. The molecule has 63 heavy (non-hydrogen) atoms. The smallest absolute Gasteiger partial charge is 0.373 e. The van der Waals surface area contributed by atoms with Crippen LogP contribution in [-0.2, 0) is 20.4 Å². The Kier molecular flexibility index (Phi) is 11.6. The van der Waals surface area contributed by atoms with Crippen LogP contribution in [0.25, 0.3) is 43.8 Å². The molecule has 0 spiro atoms. The highest BCUT2D eigenvalue weighted by molar-refractivity contribution is 5.98. The van der Waals surface area contributed by atoms with Crippen molar-refractivity contribution in [1.29, 1.82) is 0 Å². The molecule has 8 aliphatic carbocycles. The van der Waals surface area contributed by atoms with E-state index >= 15 is 0 Å². The van der Waals surface area contributed by atoms with Crippen LogP contribution < -0.4 is 15.2 Å². The van der Waals surface area contributed by atoms with E-state index in [9.17, 15) is 4.79 Å². The van der Waals surface area contributed by atoms with Crippen LogP contribution in [0.15, 0.2) is 115 Å². The normalized spacial score (nSPS) is 27.9. The molecule has 0 radical (unpaired) electrons. The highest BCUT2D eigenvalue weighted by Gasteiger charge is 2.54. The van der Waals surface area contributed by atoms with Gasteiger partial charge in [-0.05, 0) is 216 Å². The van der Waals surface area contributed by atoms with E-state index in [1.807, 2.05) is 32.4 Å². The first-order valence-electron chi connectivity index (χ1n) is 22.9. The summed E-state index contributed by atoms with van der Waals surface area (Å²) in [7, 11) is 3.65. The topological polar surface area (TPSA) is 95.7 Å². The molecule has 2 N–H and O–H groups in total. The van der Waals surface area contributed by atoms with E-state index in [4.69, 9.17) is 24.8 Å². The van der Waals surface area contributed by atoms with Crippen molar-refractivity contribution in [3.63, 3.8) is 0 Å². The maximum atomic E-state index is 11.5. The molecule has 0 aliphatic heterocycles. The Morgan fingerprint density at radius 3 is 1.24 bits per heavy atom. The number of amides is 1. The summed E-state index contributed by atoms with van der Waals surface area (Å²) in [5.74, 6) is 7.31. The predicted octanol–water partition coefficient (Wildman–Crippen LogP) is 13.1. The van der Waals surface area contributed by atoms with E-state index in [1.165, 1.54) is 121 Å². The van der Waals surface area contributed by atoms with Crippen LogP contribution in [0.5, 0.6) is 11.5 Å². The summed E-state index contributed by atoms with van der Waals surface area (Å²) >= 11 is 0. The van der Waals surface area contributed by atoms with Gasteiger partial charge in [-0.1, -0.05) is 74.2 Å². The average molecular weight is 840 g/mol. The van der Waals surface area contributed by atoms with E-state index < -0.39 is 0 Å². The molecule has 6 aromatic rings. The average Bonchev–Trinajstić information content (AvgIpc) is 3.27. The van der Waals surface area contributed by atoms with Crippen LogP contribution in [0.1, 0.15) is 106 Å². The van der Waals surface area contributed by atoms with E-state index in [0.717, 1.165) is 57.8 Å². The van der Waals surface area contributed by atoms with Gasteiger partial charge in [0.05, 0.1) is 14.2 Å². The fourth-order valence-corrected chi connectivity index (χ4v) is 14.4. The fourth-order valence-electron chi connectivity index (χ4n) is 14.4. The summed E-state index contributed by atoms with van der Waals surface area (Å²) in [5, 5.41) is 4.78. The first-order valence-corrected chi connectivity index (χ1v) is 22.9. The number of rotatable bonds is 7. The molecular formula is C57H61NO5. The number of hydrogen-bond donors (Lipinski definition) is 1. The van der Waals surface area contributed by atoms with Gasteiger partial charge in [0.15, 0.2) is 0 Å². The molecule has 8 aliphatic rings. The monoisotopic (exact) mass is 839 g/mol. The van der Waals surface area contributed by atoms with E-state index in [-0.39, 0.29) is 19.5 Å². The lowest BCUT2D eigenvalue weighted by atomic mass is 9.48. The molecule has 8 fully saturated rings. The van der Waals surface area contributed by atoms with Crippen molar-refractivity contribution in [2.24, 2.45) is 41.2 Å². The lowest BCUT2D eigenvalue weighted by Gasteiger charge is -2.57. The molecule has 0 heterocycles. The number of hydrogen-bond acceptors (Lipinski definition) is 5. The molecule has 14 rings (SSSR count). The third-order valence-corrected chi connectivity index (χ3v) is 16.2. The quantitative estimate of drug-likeness (QED) is 0.173. The zero-order chi connectivity index (χ0) is 42.6. The molecule has 6 nitrogen and oxygen atoms in total. The van der Waals surface area contributed by atoms with Gasteiger partial charge in [-0.3, -0.25) is 4.79 Å². The third-order valence-electron chi connectivity index (χ3n) is 16.2.